The Morgan fingerprint density at radius 2 is 1.32 bits per heavy atom. The number of hydrogen-bond acceptors (Lipinski definition) is 5. The van der Waals surface area contributed by atoms with Crippen LogP contribution in [0.15, 0.2) is 66.7 Å². The van der Waals surface area contributed by atoms with Crippen LogP contribution in [-0.4, -0.2) is 25.3 Å². The maximum atomic E-state index is 12.4. The van der Waals surface area contributed by atoms with Gasteiger partial charge in [-0.2, -0.15) is 5.26 Å². The van der Waals surface area contributed by atoms with Crippen LogP contribution in [0.2, 0.25) is 0 Å². The van der Waals surface area contributed by atoms with E-state index in [0.717, 1.165) is 21.5 Å². The number of nitriles is 1. The normalized spacial score (nSPS) is 10.5. The molecule has 7 heteroatoms. The number of benzene rings is 4. The highest BCUT2D eigenvalue weighted by atomic mass is 16.6. The van der Waals surface area contributed by atoms with Gasteiger partial charge in [-0.05, 0) is 59.7 Å². The Kier molecular flexibility index (Phi) is 6.60. The summed E-state index contributed by atoms with van der Waals surface area (Å²) >= 11 is 0. The summed E-state index contributed by atoms with van der Waals surface area (Å²) in [5.41, 5.74) is 1.70. The van der Waals surface area contributed by atoms with E-state index in [2.05, 4.69) is 16.7 Å². The maximum absolute atomic E-state index is 12.4. The molecule has 4 aromatic rings. The number of fused-ring (bicyclic) bond motifs is 2. The molecule has 2 N–H and O–H groups in total. The first kappa shape index (κ1) is 22.6. The second-order valence-electron chi connectivity index (χ2n) is 7.49. The van der Waals surface area contributed by atoms with Gasteiger partial charge < -0.3 is 20.1 Å². The van der Waals surface area contributed by atoms with E-state index in [9.17, 15) is 14.9 Å². The van der Waals surface area contributed by atoms with Crippen LogP contribution >= 0.6 is 0 Å². The van der Waals surface area contributed by atoms with Gasteiger partial charge in [-0.1, -0.05) is 42.5 Å². The zero-order valence-corrected chi connectivity index (χ0v) is 18.8. The minimum atomic E-state index is -0.594. The molecular weight excluding hydrogens is 430 g/mol. The minimum Gasteiger partial charge on any atom is -0.410 e. The monoisotopic (exact) mass is 453 g/mol. The largest absolute Gasteiger partial charge is 0.412 e. The standard InChI is InChI=1S/C27H23N3O4/c1-3-29-26(31)33-22-13-10-18-7-5-6-8-20(18)24(22)25-21-12-9-17(16-28)15-19(21)11-14-23(25)34-27(32)30-4-2/h5-15H,3-4H2,1-2H3,(H,29,31)(H,30,32). The zero-order valence-electron chi connectivity index (χ0n) is 18.8. The molecule has 170 valence electrons. The van der Waals surface area contributed by atoms with E-state index in [4.69, 9.17) is 9.47 Å². The average Bonchev–Trinajstić information content (AvgIpc) is 2.84. The van der Waals surface area contributed by atoms with Crippen molar-refractivity contribution in [1.29, 1.82) is 5.26 Å². The second-order valence-corrected chi connectivity index (χ2v) is 7.49. The van der Waals surface area contributed by atoms with Crippen molar-refractivity contribution in [2.75, 3.05) is 13.1 Å². The van der Waals surface area contributed by atoms with Gasteiger partial charge in [-0.25, -0.2) is 9.59 Å². The highest BCUT2D eigenvalue weighted by molar-refractivity contribution is 6.10. The number of rotatable bonds is 5. The fourth-order valence-electron chi connectivity index (χ4n) is 3.88. The maximum Gasteiger partial charge on any atom is 0.412 e. The Morgan fingerprint density at radius 3 is 1.91 bits per heavy atom. The molecule has 0 aliphatic heterocycles. The van der Waals surface area contributed by atoms with Gasteiger partial charge in [0.25, 0.3) is 0 Å². The Balaban J connectivity index is 2.05. The van der Waals surface area contributed by atoms with Crippen LogP contribution < -0.4 is 20.1 Å². The van der Waals surface area contributed by atoms with E-state index in [1.807, 2.05) is 36.4 Å². The van der Waals surface area contributed by atoms with E-state index in [1.165, 1.54) is 0 Å². The summed E-state index contributed by atoms with van der Waals surface area (Å²) in [6.45, 7) is 4.43. The van der Waals surface area contributed by atoms with Gasteiger partial charge in [-0.3, -0.25) is 0 Å². The lowest BCUT2D eigenvalue weighted by atomic mass is 9.91. The number of nitrogens with zero attached hydrogens (tertiary/aromatic N) is 1. The van der Waals surface area contributed by atoms with Crippen molar-refractivity contribution in [3.05, 3.63) is 72.3 Å². The van der Waals surface area contributed by atoms with Crippen molar-refractivity contribution in [3.8, 4) is 28.7 Å². The first-order chi connectivity index (χ1) is 16.5. The minimum absolute atomic E-state index is 0.306. The highest BCUT2D eigenvalue weighted by Crippen LogP contribution is 2.45. The van der Waals surface area contributed by atoms with Gasteiger partial charge >= 0.3 is 12.2 Å². The molecule has 7 nitrogen and oxygen atoms in total. The molecule has 34 heavy (non-hydrogen) atoms. The molecule has 2 amide bonds. The molecule has 0 unspecified atom stereocenters. The molecule has 0 saturated heterocycles. The molecule has 4 rings (SSSR count). The van der Waals surface area contributed by atoms with Crippen LogP contribution in [-0.2, 0) is 0 Å². The molecule has 0 bridgehead atoms. The van der Waals surface area contributed by atoms with Crippen LogP contribution in [0.5, 0.6) is 11.5 Å². The molecule has 0 atom stereocenters. The van der Waals surface area contributed by atoms with Crippen LogP contribution in [0.1, 0.15) is 19.4 Å². The molecule has 0 saturated carbocycles. The third-order valence-electron chi connectivity index (χ3n) is 5.30. The number of carbonyl (C=O) groups excluding carboxylic acids is 2. The van der Waals surface area contributed by atoms with Crippen LogP contribution in [0.25, 0.3) is 32.7 Å². The molecule has 0 aromatic heterocycles. The molecule has 0 aliphatic carbocycles. The highest BCUT2D eigenvalue weighted by Gasteiger charge is 2.22. The third-order valence-corrected chi connectivity index (χ3v) is 5.30. The van der Waals surface area contributed by atoms with Crippen molar-refractivity contribution < 1.29 is 19.1 Å². The van der Waals surface area contributed by atoms with Crippen LogP contribution in [0.3, 0.4) is 0 Å². The molecule has 0 spiro atoms. The van der Waals surface area contributed by atoms with Crippen molar-refractivity contribution in [2.24, 2.45) is 0 Å². The summed E-state index contributed by atoms with van der Waals surface area (Å²) < 4.78 is 11.4. The summed E-state index contributed by atoms with van der Waals surface area (Å²) in [6, 6.07) is 22.2. The van der Waals surface area contributed by atoms with Crippen LogP contribution in [0.4, 0.5) is 9.59 Å². The summed E-state index contributed by atoms with van der Waals surface area (Å²) in [6.07, 6.45) is -1.18. The van der Waals surface area contributed by atoms with E-state index >= 15 is 0 Å². The summed E-state index contributed by atoms with van der Waals surface area (Å²) in [5.74, 6) is 0.627. The Labute approximate surface area is 196 Å². The molecule has 4 aromatic carbocycles. The number of carbonyl (C=O) groups is 2. The predicted molar refractivity (Wildman–Crippen MR) is 131 cm³/mol. The smallest absolute Gasteiger partial charge is 0.410 e. The molecule has 0 heterocycles. The Morgan fingerprint density at radius 1 is 0.765 bits per heavy atom. The van der Waals surface area contributed by atoms with Crippen LogP contribution in [0, 0.1) is 11.3 Å². The summed E-state index contributed by atoms with van der Waals surface area (Å²) in [7, 11) is 0. The Hall–Kier alpha value is -4.57. The lowest BCUT2D eigenvalue weighted by Gasteiger charge is -2.18. The number of amides is 2. The fraction of sp³-hybridized carbons (Fsp3) is 0.148. The van der Waals surface area contributed by atoms with Gasteiger partial charge in [0.2, 0.25) is 0 Å². The average molecular weight is 453 g/mol. The quantitative estimate of drug-likeness (QED) is 0.401. The lowest BCUT2D eigenvalue weighted by Crippen LogP contribution is -2.27. The number of nitrogens with one attached hydrogen (secondary N) is 2. The van der Waals surface area contributed by atoms with Crippen molar-refractivity contribution in [1.82, 2.24) is 10.6 Å². The van der Waals surface area contributed by atoms with Crippen molar-refractivity contribution >= 4 is 33.7 Å². The SMILES string of the molecule is CCNC(=O)Oc1ccc2ccccc2c1-c1c(OC(=O)NCC)ccc2cc(C#N)ccc12. The van der Waals surface area contributed by atoms with Gasteiger partial charge in [-0.15, -0.1) is 0 Å². The number of hydrogen-bond donors (Lipinski definition) is 2. The van der Waals surface area contributed by atoms with E-state index in [0.29, 0.717) is 41.3 Å². The van der Waals surface area contributed by atoms with Crippen molar-refractivity contribution in [3.63, 3.8) is 0 Å². The summed E-state index contributed by atoms with van der Waals surface area (Å²) in [4.78, 5) is 24.7. The van der Waals surface area contributed by atoms with Gasteiger partial charge in [0.05, 0.1) is 11.6 Å². The van der Waals surface area contributed by atoms with Gasteiger partial charge in [0.1, 0.15) is 11.5 Å². The lowest BCUT2D eigenvalue weighted by molar-refractivity contribution is 0.199. The first-order valence-electron chi connectivity index (χ1n) is 11.0. The Bertz CT molecular complexity index is 1440. The van der Waals surface area contributed by atoms with Gasteiger partial charge in [0.15, 0.2) is 0 Å². The molecule has 0 fully saturated rings. The zero-order chi connectivity index (χ0) is 24.1. The predicted octanol–water partition coefficient (Wildman–Crippen LogP) is 5.75. The van der Waals surface area contributed by atoms with Crippen molar-refractivity contribution in [2.45, 2.75) is 13.8 Å². The molecular formula is C27H23N3O4. The number of ether oxygens (including phenoxy) is 2. The summed E-state index contributed by atoms with van der Waals surface area (Å²) in [5, 5.41) is 17.9. The molecule has 0 radical (unpaired) electrons. The first-order valence-corrected chi connectivity index (χ1v) is 11.0. The third kappa shape index (κ3) is 4.48. The fourth-order valence-corrected chi connectivity index (χ4v) is 3.88. The molecule has 0 aliphatic rings. The van der Waals surface area contributed by atoms with Gasteiger partial charge in [0, 0.05) is 24.2 Å². The van der Waals surface area contributed by atoms with E-state index in [1.54, 1.807) is 44.2 Å². The van der Waals surface area contributed by atoms with E-state index in [-0.39, 0.29) is 0 Å². The topological polar surface area (TPSA) is 100 Å². The second kappa shape index (κ2) is 9.92. The van der Waals surface area contributed by atoms with E-state index < -0.39 is 12.2 Å².